The molecule has 1 saturated carbocycles. The summed E-state index contributed by atoms with van der Waals surface area (Å²) in [5, 5.41) is 3.19. The van der Waals surface area contributed by atoms with Crippen molar-refractivity contribution in [1.82, 2.24) is 0 Å². The van der Waals surface area contributed by atoms with Crippen LogP contribution < -0.4 is 16.8 Å². The molecule has 0 radical (unpaired) electrons. The fourth-order valence-electron chi connectivity index (χ4n) is 1.40. The van der Waals surface area contributed by atoms with E-state index in [4.69, 9.17) is 11.5 Å². The van der Waals surface area contributed by atoms with Crippen molar-refractivity contribution in [2.24, 2.45) is 11.5 Å². The summed E-state index contributed by atoms with van der Waals surface area (Å²) < 4.78 is 0. The van der Waals surface area contributed by atoms with Crippen molar-refractivity contribution in [3.63, 3.8) is 0 Å². The summed E-state index contributed by atoms with van der Waals surface area (Å²) in [7, 11) is 0. The van der Waals surface area contributed by atoms with Crippen LogP contribution in [0.15, 0.2) is 24.3 Å². The molecule has 4 nitrogen and oxygen atoms in total. The van der Waals surface area contributed by atoms with Gasteiger partial charge in [-0.25, -0.2) is 0 Å². The van der Waals surface area contributed by atoms with Crippen molar-refractivity contribution in [3.05, 3.63) is 29.8 Å². The Morgan fingerprint density at radius 3 is 2.64 bits per heavy atom. The second-order valence-electron chi connectivity index (χ2n) is 3.56. The number of nitrogens with two attached hydrogens (primary N) is 2. The van der Waals surface area contributed by atoms with Gasteiger partial charge in [-0.2, -0.15) is 0 Å². The van der Waals surface area contributed by atoms with Crippen molar-refractivity contribution < 1.29 is 4.79 Å². The minimum absolute atomic E-state index is 0.205. The van der Waals surface area contributed by atoms with Crippen LogP contribution in [0.4, 0.5) is 5.69 Å². The molecule has 2 atom stereocenters. The van der Waals surface area contributed by atoms with Gasteiger partial charge >= 0.3 is 0 Å². The summed E-state index contributed by atoms with van der Waals surface area (Å²) in [5.41, 5.74) is 12.2. The number of nitrogens with one attached hydrogen (secondary N) is 1. The molecule has 0 heterocycles. The van der Waals surface area contributed by atoms with Crippen LogP contribution >= 0.6 is 0 Å². The van der Waals surface area contributed by atoms with Crippen LogP contribution in [0.3, 0.4) is 0 Å². The molecule has 0 spiro atoms. The van der Waals surface area contributed by atoms with Gasteiger partial charge in [0.15, 0.2) is 0 Å². The molecule has 5 N–H and O–H groups in total. The SMILES string of the molecule is NC(=O)c1ccccc1NC1CC1N. The zero-order valence-electron chi connectivity index (χ0n) is 7.73. The van der Waals surface area contributed by atoms with Gasteiger partial charge in [0, 0.05) is 17.8 Å². The second kappa shape index (κ2) is 3.31. The number of carbonyl (C=O) groups is 1. The molecule has 0 bridgehead atoms. The van der Waals surface area contributed by atoms with Gasteiger partial charge in [-0.05, 0) is 18.6 Å². The van der Waals surface area contributed by atoms with Crippen molar-refractivity contribution in [1.29, 1.82) is 0 Å². The minimum atomic E-state index is -0.415. The van der Waals surface area contributed by atoms with Gasteiger partial charge < -0.3 is 16.8 Å². The maximum absolute atomic E-state index is 11.1. The highest BCUT2D eigenvalue weighted by Gasteiger charge is 2.33. The van der Waals surface area contributed by atoms with E-state index in [9.17, 15) is 4.79 Å². The molecular weight excluding hydrogens is 178 g/mol. The first-order valence-corrected chi connectivity index (χ1v) is 4.59. The van der Waals surface area contributed by atoms with Crippen LogP contribution in [0.5, 0.6) is 0 Å². The van der Waals surface area contributed by atoms with E-state index in [1.165, 1.54) is 0 Å². The highest BCUT2D eigenvalue weighted by atomic mass is 16.1. The maximum Gasteiger partial charge on any atom is 0.250 e. The highest BCUT2D eigenvalue weighted by molar-refractivity contribution is 5.98. The van der Waals surface area contributed by atoms with Gasteiger partial charge in [-0.15, -0.1) is 0 Å². The smallest absolute Gasteiger partial charge is 0.250 e. The molecule has 2 unspecified atom stereocenters. The maximum atomic E-state index is 11.1. The molecule has 0 aromatic heterocycles. The zero-order chi connectivity index (χ0) is 10.1. The van der Waals surface area contributed by atoms with E-state index < -0.39 is 5.91 Å². The fraction of sp³-hybridized carbons (Fsp3) is 0.300. The number of carbonyl (C=O) groups excluding carboxylic acids is 1. The number of primary amides is 1. The molecule has 2 rings (SSSR count). The monoisotopic (exact) mass is 191 g/mol. The predicted octanol–water partition coefficient (Wildman–Crippen LogP) is 0.297. The van der Waals surface area contributed by atoms with Crippen molar-refractivity contribution >= 4 is 11.6 Å². The largest absolute Gasteiger partial charge is 0.380 e. The first-order chi connectivity index (χ1) is 6.68. The lowest BCUT2D eigenvalue weighted by atomic mass is 10.1. The van der Waals surface area contributed by atoms with E-state index in [0.717, 1.165) is 12.1 Å². The fourth-order valence-corrected chi connectivity index (χ4v) is 1.40. The van der Waals surface area contributed by atoms with Crippen LogP contribution in [0.1, 0.15) is 16.8 Å². The number of hydrogen-bond acceptors (Lipinski definition) is 3. The lowest BCUT2D eigenvalue weighted by Gasteiger charge is -2.08. The Morgan fingerprint density at radius 2 is 2.07 bits per heavy atom. The van der Waals surface area contributed by atoms with Crippen LogP contribution in [0, 0.1) is 0 Å². The standard InChI is InChI=1S/C10H13N3O/c11-7-5-9(7)13-8-4-2-1-3-6(8)10(12)14/h1-4,7,9,13H,5,11H2,(H2,12,14). The molecule has 1 aromatic carbocycles. The van der Waals surface area contributed by atoms with Crippen LogP contribution in [0.2, 0.25) is 0 Å². The van der Waals surface area contributed by atoms with Gasteiger partial charge in [0.2, 0.25) is 0 Å². The molecule has 74 valence electrons. The number of para-hydroxylation sites is 1. The third kappa shape index (κ3) is 1.70. The number of hydrogen-bond donors (Lipinski definition) is 3. The van der Waals surface area contributed by atoms with Crippen LogP contribution in [-0.2, 0) is 0 Å². The lowest BCUT2D eigenvalue weighted by Crippen LogP contribution is -2.18. The van der Waals surface area contributed by atoms with E-state index in [0.29, 0.717) is 5.56 Å². The first-order valence-electron chi connectivity index (χ1n) is 4.59. The van der Waals surface area contributed by atoms with E-state index >= 15 is 0 Å². The van der Waals surface area contributed by atoms with Gasteiger partial charge in [0.1, 0.15) is 0 Å². The van der Waals surface area contributed by atoms with Crippen LogP contribution in [0.25, 0.3) is 0 Å². The van der Waals surface area contributed by atoms with Gasteiger partial charge in [-0.3, -0.25) is 4.79 Å². The highest BCUT2D eigenvalue weighted by Crippen LogP contribution is 2.25. The molecular formula is C10H13N3O. The van der Waals surface area contributed by atoms with E-state index in [-0.39, 0.29) is 12.1 Å². The number of benzene rings is 1. The Balaban J connectivity index is 2.19. The van der Waals surface area contributed by atoms with Crippen molar-refractivity contribution in [2.45, 2.75) is 18.5 Å². The Morgan fingerprint density at radius 1 is 1.43 bits per heavy atom. The quantitative estimate of drug-likeness (QED) is 0.642. The van der Waals surface area contributed by atoms with E-state index in [2.05, 4.69) is 5.32 Å². The van der Waals surface area contributed by atoms with Crippen molar-refractivity contribution in [2.75, 3.05) is 5.32 Å². The Labute approximate surface area is 82.3 Å². The number of amides is 1. The molecule has 14 heavy (non-hydrogen) atoms. The predicted molar refractivity (Wildman–Crippen MR) is 55.0 cm³/mol. The molecule has 1 aliphatic carbocycles. The first kappa shape index (κ1) is 9.02. The summed E-state index contributed by atoms with van der Waals surface area (Å²) in [4.78, 5) is 11.1. The Bertz CT molecular complexity index is 364. The van der Waals surface area contributed by atoms with Gasteiger partial charge in [0.05, 0.1) is 5.56 Å². The van der Waals surface area contributed by atoms with Gasteiger partial charge in [-0.1, -0.05) is 12.1 Å². The minimum Gasteiger partial charge on any atom is -0.380 e. The average Bonchev–Trinajstić information content (AvgIpc) is 2.82. The number of rotatable bonds is 3. The zero-order valence-corrected chi connectivity index (χ0v) is 7.73. The summed E-state index contributed by atoms with van der Waals surface area (Å²) in [6.45, 7) is 0. The summed E-state index contributed by atoms with van der Waals surface area (Å²) in [6, 6.07) is 7.69. The molecule has 1 aromatic rings. The number of anilines is 1. The van der Waals surface area contributed by atoms with Gasteiger partial charge in [0.25, 0.3) is 5.91 Å². The molecule has 0 aliphatic heterocycles. The van der Waals surface area contributed by atoms with Crippen LogP contribution in [-0.4, -0.2) is 18.0 Å². The second-order valence-corrected chi connectivity index (χ2v) is 3.56. The Hall–Kier alpha value is -1.55. The summed E-state index contributed by atoms with van der Waals surface area (Å²) in [5.74, 6) is -0.415. The lowest BCUT2D eigenvalue weighted by molar-refractivity contribution is 0.100. The van der Waals surface area contributed by atoms with E-state index in [1.807, 2.05) is 12.1 Å². The van der Waals surface area contributed by atoms with Crippen molar-refractivity contribution in [3.8, 4) is 0 Å². The third-order valence-electron chi connectivity index (χ3n) is 2.37. The molecule has 1 fully saturated rings. The average molecular weight is 191 g/mol. The topological polar surface area (TPSA) is 81.1 Å². The molecule has 4 heteroatoms. The molecule has 1 amide bonds. The summed E-state index contributed by atoms with van der Waals surface area (Å²) >= 11 is 0. The summed E-state index contributed by atoms with van der Waals surface area (Å²) in [6.07, 6.45) is 0.951. The molecule has 1 aliphatic rings. The normalized spacial score (nSPS) is 24.4. The van der Waals surface area contributed by atoms with E-state index in [1.54, 1.807) is 12.1 Å². The molecule has 0 saturated heterocycles. The Kier molecular flexibility index (Phi) is 2.13. The third-order valence-corrected chi connectivity index (χ3v) is 2.37.